The third kappa shape index (κ3) is 5.47. The number of rotatable bonds is 8. The van der Waals surface area contributed by atoms with Gasteiger partial charge in [0.2, 0.25) is 0 Å². The highest BCUT2D eigenvalue weighted by Crippen LogP contribution is 2.37. The van der Waals surface area contributed by atoms with Gasteiger partial charge in [-0.1, -0.05) is 63.4 Å². The summed E-state index contributed by atoms with van der Waals surface area (Å²) in [5.41, 5.74) is 1.53. The fourth-order valence-electron chi connectivity index (χ4n) is 3.99. The second-order valence-corrected chi connectivity index (χ2v) is 6.88. The van der Waals surface area contributed by atoms with Crippen LogP contribution in [-0.2, 0) is 6.42 Å². The molecule has 1 nitrogen and oxygen atoms in total. The summed E-state index contributed by atoms with van der Waals surface area (Å²) in [6.45, 7) is 6.99. The van der Waals surface area contributed by atoms with Crippen LogP contribution in [0.3, 0.4) is 0 Å². The average molecular weight is 287 g/mol. The van der Waals surface area contributed by atoms with Crippen molar-refractivity contribution < 1.29 is 0 Å². The third-order valence-electron chi connectivity index (χ3n) is 5.12. The molecule has 1 saturated carbocycles. The summed E-state index contributed by atoms with van der Waals surface area (Å²) in [7, 11) is 0. The van der Waals surface area contributed by atoms with E-state index in [1.54, 1.807) is 0 Å². The van der Waals surface area contributed by atoms with E-state index in [-0.39, 0.29) is 0 Å². The van der Waals surface area contributed by atoms with Gasteiger partial charge in [-0.15, -0.1) is 0 Å². The van der Waals surface area contributed by atoms with E-state index < -0.39 is 0 Å². The smallest absolute Gasteiger partial charge is 0.00178 e. The van der Waals surface area contributed by atoms with Gasteiger partial charge in [0, 0.05) is 0 Å². The highest BCUT2D eigenvalue weighted by atomic mass is 14.9. The van der Waals surface area contributed by atoms with Gasteiger partial charge < -0.3 is 5.32 Å². The molecule has 0 amide bonds. The largest absolute Gasteiger partial charge is 0.316 e. The quantitative estimate of drug-likeness (QED) is 0.659. The van der Waals surface area contributed by atoms with Crippen LogP contribution < -0.4 is 5.32 Å². The third-order valence-corrected chi connectivity index (χ3v) is 5.12. The molecule has 0 radical (unpaired) electrons. The topological polar surface area (TPSA) is 12.0 Å². The zero-order valence-corrected chi connectivity index (χ0v) is 14.0. The first kappa shape index (κ1) is 16.5. The molecular formula is C20H33N. The Balaban J connectivity index is 1.94. The van der Waals surface area contributed by atoms with Crippen LogP contribution >= 0.6 is 0 Å². The van der Waals surface area contributed by atoms with Crippen molar-refractivity contribution in [3.05, 3.63) is 35.9 Å². The van der Waals surface area contributed by atoms with E-state index in [0.717, 1.165) is 17.8 Å². The predicted octanol–water partition coefficient (Wildman–Crippen LogP) is 5.06. The Bertz CT molecular complexity index is 373. The number of hydrogen-bond donors (Lipinski definition) is 1. The van der Waals surface area contributed by atoms with Crippen LogP contribution in [0, 0.1) is 17.8 Å². The van der Waals surface area contributed by atoms with Gasteiger partial charge in [-0.05, 0) is 62.1 Å². The number of nitrogens with one attached hydrogen (secondary N) is 1. The lowest BCUT2D eigenvalue weighted by Crippen LogP contribution is -2.34. The lowest BCUT2D eigenvalue weighted by atomic mass is 9.70. The van der Waals surface area contributed by atoms with Crippen molar-refractivity contribution in [3.63, 3.8) is 0 Å². The van der Waals surface area contributed by atoms with Gasteiger partial charge in [0.15, 0.2) is 0 Å². The summed E-state index contributed by atoms with van der Waals surface area (Å²) in [5.74, 6) is 2.73. The molecule has 0 spiro atoms. The van der Waals surface area contributed by atoms with Gasteiger partial charge in [0.25, 0.3) is 0 Å². The first-order valence-corrected chi connectivity index (χ1v) is 9.08. The zero-order chi connectivity index (χ0) is 14.9. The van der Waals surface area contributed by atoms with Crippen LogP contribution in [0.5, 0.6) is 0 Å². The molecular weight excluding hydrogens is 254 g/mol. The van der Waals surface area contributed by atoms with Crippen LogP contribution in [0.1, 0.15) is 57.9 Å². The average Bonchev–Trinajstić information content (AvgIpc) is 2.51. The molecule has 0 aliphatic heterocycles. The first-order chi connectivity index (χ1) is 10.3. The maximum atomic E-state index is 3.67. The molecule has 1 aromatic carbocycles. The van der Waals surface area contributed by atoms with Crippen molar-refractivity contribution in [3.8, 4) is 0 Å². The second-order valence-electron chi connectivity index (χ2n) is 6.88. The number of hydrogen-bond acceptors (Lipinski definition) is 1. The Morgan fingerprint density at radius 3 is 2.52 bits per heavy atom. The molecule has 0 aromatic heterocycles. The number of benzene rings is 1. The molecule has 1 heteroatoms. The summed E-state index contributed by atoms with van der Waals surface area (Å²) in [6.07, 6.45) is 9.63. The molecule has 3 atom stereocenters. The molecule has 1 aliphatic rings. The van der Waals surface area contributed by atoms with E-state index in [2.05, 4.69) is 49.5 Å². The van der Waals surface area contributed by atoms with Gasteiger partial charge in [0.1, 0.15) is 0 Å². The Kier molecular flexibility index (Phi) is 7.29. The molecule has 0 heterocycles. The molecule has 1 aromatic rings. The van der Waals surface area contributed by atoms with Crippen molar-refractivity contribution in [2.24, 2.45) is 17.8 Å². The van der Waals surface area contributed by atoms with Crippen LogP contribution in [0.4, 0.5) is 0 Å². The maximum absolute atomic E-state index is 3.67. The summed E-state index contributed by atoms with van der Waals surface area (Å²) in [5, 5.41) is 3.67. The van der Waals surface area contributed by atoms with Crippen molar-refractivity contribution in [1.29, 1.82) is 0 Å². The van der Waals surface area contributed by atoms with Gasteiger partial charge in [-0.25, -0.2) is 0 Å². The van der Waals surface area contributed by atoms with E-state index in [4.69, 9.17) is 0 Å². The first-order valence-electron chi connectivity index (χ1n) is 9.08. The fraction of sp³-hybridized carbons (Fsp3) is 0.700. The van der Waals surface area contributed by atoms with Gasteiger partial charge in [-0.3, -0.25) is 0 Å². The summed E-state index contributed by atoms with van der Waals surface area (Å²) in [4.78, 5) is 0. The minimum absolute atomic E-state index is 0.877. The summed E-state index contributed by atoms with van der Waals surface area (Å²) < 4.78 is 0. The van der Waals surface area contributed by atoms with Crippen LogP contribution in [0.15, 0.2) is 30.3 Å². The normalized spacial score (nSPS) is 25.9. The molecule has 118 valence electrons. The zero-order valence-electron chi connectivity index (χ0n) is 14.0. The summed E-state index contributed by atoms with van der Waals surface area (Å²) >= 11 is 0. The van der Waals surface area contributed by atoms with E-state index in [1.165, 1.54) is 63.6 Å². The highest BCUT2D eigenvalue weighted by molar-refractivity contribution is 5.15. The van der Waals surface area contributed by atoms with Crippen molar-refractivity contribution in [2.75, 3.05) is 13.1 Å². The van der Waals surface area contributed by atoms with E-state index in [9.17, 15) is 0 Å². The van der Waals surface area contributed by atoms with E-state index in [0.29, 0.717) is 0 Å². The van der Waals surface area contributed by atoms with Crippen molar-refractivity contribution >= 4 is 0 Å². The van der Waals surface area contributed by atoms with E-state index in [1.807, 2.05) is 0 Å². The summed E-state index contributed by atoms with van der Waals surface area (Å²) in [6, 6.07) is 11.1. The minimum Gasteiger partial charge on any atom is -0.316 e. The molecule has 1 fully saturated rings. The Morgan fingerprint density at radius 1 is 1.00 bits per heavy atom. The second kappa shape index (κ2) is 9.25. The van der Waals surface area contributed by atoms with E-state index >= 15 is 0 Å². The van der Waals surface area contributed by atoms with Crippen LogP contribution in [-0.4, -0.2) is 13.1 Å². The standard InChI is InChI=1S/C20H33N/c1-3-8-17-11-12-19(16-21-13-4-2)20(14-17)15-18-9-6-5-7-10-18/h5-7,9-10,17,19-21H,3-4,8,11-16H2,1-2H3. The molecule has 0 saturated heterocycles. The van der Waals surface area contributed by atoms with Gasteiger partial charge >= 0.3 is 0 Å². The molecule has 2 rings (SSSR count). The van der Waals surface area contributed by atoms with Gasteiger partial charge in [0.05, 0.1) is 0 Å². The lowest BCUT2D eigenvalue weighted by molar-refractivity contribution is 0.167. The SMILES string of the molecule is CCCNCC1CCC(CCC)CC1Cc1ccccc1. The molecule has 0 bridgehead atoms. The van der Waals surface area contributed by atoms with Crippen molar-refractivity contribution in [2.45, 2.75) is 58.8 Å². The minimum atomic E-state index is 0.877. The van der Waals surface area contributed by atoms with Crippen LogP contribution in [0.2, 0.25) is 0 Å². The van der Waals surface area contributed by atoms with Crippen molar-refractivity contribution in [1.82, 2.24) is 5.32 Å². The Hall–Kier alpha value is -0.820. The molecule has 21 heavy (non-hydrogen) atoms. The molecule has 1 aliphatic carbocycles. The maximum Gasteiger partial charge on any atom is -0.00178 e. The van der Waals surface area contributed by atoms with Crippen LogP contribution in [0.25, 0.3) is 0 Å². The molecule has 3 unspecified atom stereocenters. The Morgan fingerprint density at radius 2 is 1.81 bits per heavy atom. The predicted molar refractivity (Wildman–Crippen MR) is 92.5 cm³/mol. The Labute approximate surface area is 131 Å². The molecule has 1 N–H and O–H groups in total. The fourth-order valence-corrected chi connectivity index (χ4v) is 3.99. The monoisotopic (exact) mass is 287 g/mol. The highest BCUT2D eigenvalue weighted by Gasteiger charge is 2.29. The van der Waals surface area contributed by atoms with Gasteiger partial charge in [-0.2, -0.15) is 0 Å². The lowest BCUT2D eigenvalue weighted by Gasteiger charge is -2.36.